The van der Waals surface area contributed by atoms with Gasteiger partial charge in [-0.15, -0.1) is 0 Å². The highest BCUT2D eigenvalue weighted by Gasteiger charge is 2.34. The molecule has 2 aromatic rings. The van der Waals surface area contributed by atoms with Gasteiger partial charge in [0.1, 0.15) is 0 Å². The Morgan fingerprint density at radius 1 is 0.917 bits per heavy atom. The Labute approximate surface area is 146 Å². The third kappa shape index (κ3) is 2.60. The van der Waals surface area contributed by atoms with Crippen molar-refractivity contribution in [3.8, 4) is 0 Å². The maximum atomic E-state index is 9.07. The minimum atomic E-state index is -0.389. The average molecular weight is 319 g/mol. The first-order valence-electron chi connectivity index (χ1n) is 9.58. The molecule has 1 fully saturated rings. The van der Waals surface area contributed by atoms with Crippen LogP contribution in [0, 0.1) is 6.92 Å². The molecule has 2 aromatic carbocycles. The third-order valence-electron chi connectivity index (χ3n) is 5.34. The van der Waals surface area contributed by atoms with Crippen LogP contribution in [0.15, 0.2) is 60.3 Å². The van der Waals surface area contributed by atoms with Crippen molar-refractivity contribution in [2.45, 2.75) is 45.6 Å². The van der Waals surface area contributed by atoms with Crippen LogP contribution in [0.5, 0.6) is 0 Å². The molecule has 0 saturated heterocycles. The second kappa shape index (κ2) is 6.35. The zero-order valence-corrected chi connectivity index (χ0v) is 14.6. The molecule has 2 aliphatic rings. The number of hydrogen-bond acceptors (Lipinski definition) is 2. The Morgan fingerprint density at radius 2 is 1.58 bits per heavy atom. The summed E-state index contributed by atoms with van der Waals surface area (Å²) >= 11 is 0. The molecule has 4 rings (SSSR count). The van der Waals surface area contributed by atoms with E-state index in [0.29, 0.717) is 6.04 Å². The van der Waals surface area contributed by atoms with Gasteiger partial charge >= 0.3 is 0 Å². The van der Waals surface area contributed by atoms with Gasteiger partial charge in [-0.2, -0.15) is 0 Å². The van der Waals surface area contributed by atoms with Gasteiger partial charge in [0.25, 0.3) is 0 Å². The molecule has 1 atom stereocenters. The van der Waals surface area contributed by atoms with Crippen LogP contribution in [-0.4, -0.2) is 17.6 Å². The summed E-state index contributed by atoms with van der Waals surface area (Å²) in [7, 11) is 0. The standard InChI is InChI=1S/C22H26N2/c1-17-10-6-9-15-21(17)23-16-24(20-13-7-8-14-20)22(18(23)2)19-11-4-3-5-12-19/h3-6,9-12,15,20H,7-8,13-14,16H2,1-2H3/i16D. The highest BCUT2D eigenvalue weighted by atomic mass is 15.4. The van der Waals surface area contributed by atoms with Crippen LogP contribution in [-0.2, 0) is 0 Å². The van der Waals surface area contributed by atoms with Crippen LogP contribution < -0.4 is 4.90 Å². The van der Waals surface area contributed by atoms with E-state index < -0.39 is 0 Å². The van der Waals surface area contributed by atoms with Gasteiger partial charge in [-0.05, 0) is 43.9 Å². The van der Waals surface area contributed by atoms with Gasteiger partial charge in [0, 0.05) is 17.4 Å². The lowest BCUT2D eigenvalue weighted by Gasteiger charge is -2.30. The van der Waals surface area contributed by atoms with Crippen molar-refractivity contribution in [1.29, 1.82) is 0 Å². The fourth-order valence-corrected chi connectivity index (χ4v) is 4.06. The van der Waals surface area contributed by atoms with E-state index >= 15 is 0 Å². The monoisotopic (exact) mass is 319 g/mol. The van der Waals surface area contributed by atoms with Crippen LogP contribution in [0.4, 0.5) is 5.69 Å². The second-order valence-electron chi connectivity index (χ2n) is 6.92. The lowest BCUT2D eigenvalue weighted by Crippen LogP contribution is -2.34. The van der Waals surface area contributed by atoms with Crippen LogP contribution in [0.2, 0.25) is 0 Å². The molecular formula is C22H26N2. The second-order valence-corrected chi connectivity index (χ2v) is 6.92. The van der Waals surface area contributed by atoms with E-state index in [9.17, 15) is 0 Å². The van der Waals surface area contributed by atoms with Crippen molar-refractivity contribution >= 4 is 11.4 Å². The number of allylic oxidation sites excluding steroid dienone is 1. The Morgan fingerprint density at radius 3 is 2.29 bits per heavy atom. The first-order chi connectivity index (χ1) is 12.2. The molecular weight excluding hydrogens is 292 g/mol. The minimum absolute atomic E-state index is 0.389. The third-order valence-corrected chi connectivity index (χ3v) is 5.34. The highest BCUT2D eigenvalue weighted by molar-refractivity contribution is 5.76. The van der Waals surface area contributed by atoms with E-state index in [1.54, 1.807) is 0 Å². The summed E-state index contributed by atoms with van der Waals surface area (Å²) in [6.07, 6.45) is 4.94. The maximum absolute atomic E-state index is 9.07. The SMILES string of the molecule is [2H]C1N(c2ccccc2C)C(C)=C(c2ccccc2)N1C1CCCC1. The summed E-state index contributed by atoms with van der Waals surface area (Å²) in [6.45, 7) is 3.92. The smallest absolute Gasteiger partial charge is 0.0952 e. The Hall–Kier alpha value is -2.22. The van der Waals surface area contributed by atoms with Crippen molar-refractivity contribution in [3.05, 3.63) is 71.4 Å². The number of hydrogen-bond donors (Lipinski definition) is 0. The van der Waals surface area contributed by atoms with Gasteiger partial charge in [-0.1, -0.05) is 61.4 Å². The summed E-state index contributed by atoms with van der Waals surface area (Å²) in [6, 6.07) is 19.5. The largest absolute Gasteiger partial charge is 0.349 e. The first-order valence-corrected chi connectivity index (χ1v) is 9.00. The summed E-state index contributed by atoms with van der Waals surface area (Å²) in [5.74, 6) is 0. The molecule has 2 nitrogen and oxygen atoms in total. The summed E-state index contributed by atoms with van der Waals surface area (Å²) in [4.78, 5) is 4.57. The highest BCUT2D eigenvalue weighted by Crippen LogP contribution is 2.40. The van der Waals surface area contributed by atoms with Crippen molar-refractivity contribution in [1.82, 2.24) is 4.90 Å². The van der Waals surface area contributed by atoms with Crippen LogP contribution in [0.25, 0.3) is 5.70 Å². The fourth-order valence-electron chi connectivity index (χ4n) is 4.06. The first kappa shape index (κ1) is 14.2. The topological polar surface area (TPSA) is 6.48 Å². The molecule has 0 N–H and O–H groups in total. The number of para-hydroxylation sites is 1. The van der Waals surface area contributed by atoms with Gasteiger partial charge < -0.3 is 9.80 Å². The maximum Gasteiger partial charge on any atom is 0.0952 e. The molecule has 1 heterocycles. The van der Waals surface area contributed by atoms with E-state index in [0.717, 1.165) is 5.69 Å². The molecule has 0 radical (unpaired) electrons. The molecule has 0 aromatic heterocycles. The molecule has 1 saturated carbocycles. The molecule has 1 aliphatic carbocycles. The summed E-state index contributed by atoms with van der Waals surface area (Å²) in [5, 5.41) is 0. The summed E-state index contributed by atoms with van der Waals surface area (Å²) < 4.78 is 9.07. The summed E-state index contributed by atoms with van der Waals surface area (Å²) in [5.41, 5.74) is 6.01. The quantitative estimate of drug-likeness (QED) is 0.747. The Bertz CT molecular complexity index is 778. The molecule has 1 aliphatic heterocycles. The predicted octanol–water partition coefficient (Wildman–Crippen LogP) is 5.41. The van der Waals surface area contributed by atoms with Crippen molar-refractivity contribution in [2.24, 2.45) is 0 Å². The number of nitrogens with zero attached hydrogens (tertiary/aromatic N) is 2. The molecule has 0 amide bonds. The number of rotatable bonds is 3. The Balaban J connectivity index is 1.84. The molecule has 1 unspecified atom stereocenters. The van der Waals surface area contributed by atoms with Crippen molar-refractivity contribution in [2.75, 3.05) is 11.5 Å². The number of benzene rings is 2. The van der Waals surface area contributed by atoms with E-state index in [2.05, 4.69) is 78.2 Å². The lowest BCUT2D eigenvalue weighted by molar-refractivity contribution is 0.317. The molecule has 124 valence electrons. The predicted molar refractivity (Wildman–Crippen MR) is 102 cm³/mol. The zero-order chi connectivity index (χ0) is 17.4. The number of anilines is 1. The Kier molecular flexibility index (Phi) is 3.74. The minimum Gasteiger partial charge on any atom is -0.349 e. The molecule has 2 heteroatoms. The van der Waals surface area contributed by atoms with E-state index in [1.807, 2.05) is 0 Å². The van der Waals surface area contributed by atoms with Gasteiger partial charge in [-0.25, -0.2) is 0 Å². The normalized spacial score (nSPS) is 22.4. The molecule has 0 bridgehead atoms. The lowest BCUT2D eigenvalue weighted by atomic mass is 10.1. The van der Waals surface area contributed by atoms with Gasteiger partial charge in [0.2, 0.25) is 0 Å². The van der Waals surface area contributed by atoms with Gasteiger partial charge in [0.15, 0.2) is 0 Å². The van der Waals surface area contributed by atoms with Gasteiger partial charge in [-0.3, -0.25) is 0 Å². The average Bonchev–Trinajstić information content (AvgIpc) is 3.23. The van der Waals surface area contributed by atoms with Gasteiger partial charge in [0.05, 0.1) is 13.7 Å². The van der Waals surface area contributed by atoms with Crippen LogP contribution in [0.1, 0.15) is 45.1 Å². The van der Waals surface area contributed by atoms with Crippen LogP contribution >= 0.6 is 0 Å². The zero-order valence-electron chi connectivity index (χ0n) is 15.6. The van der Waals surface area contributed by atoms with Crippen LogP contribution in [0.3, 0.4) is 0 Å². The molecule has 24 heavy (non-hydrogen) atoms. The van der Waals surface area contributed by atoms with E-state index in [-0.39, 0.29) is 6.64 Å². The fraction of sp³-hybridized carbons (Fsp3) is 0.364. The number of aryl methyl sites for hydroxylation is 1. The van der Waals surface area contributed by atoms with E-state index in [4.69, 9.17) is 1.37 Å². The molecule has 0 spiro atoms. The van der Waals surface area contributed by atoms with Crippen molar-refractivity contribution in [3.63, 3.8) is 0 Å². The van der Waals surface area contributed by atoms with E-state index in [1.165, 1.54) is 48.2 Å². The van der Waals surface area contributed by atoms with Crippen molar-refractivity contribution < 1.29 is 1.37 Å².